The predicted octanol–water partition coefficient (Wildman–Crippen LogP) is 6.16. The molecule has 4 aromatic rings. The number of carbonyl (C=O) groups excluding carboxylic acids is 1. The van der Waals surface area contributed by atoms with E-state index < -0.39 is 4.92 Å². The lowest BCUT2D eigenvalue weighted by Crippen LogP contribution is -2.39. The molecular weight excluding hydrogens is 464 g/mol. The van der Waals surface area contributed by atoms with Gasteiger partial charge in [0, 0.05) is 30.8 Å². The van der Waals surface area contributed by atoms with Crippen molar-refractivity contribution in [2.24, 2.45) is 5.92 Å². The molecule has 0 aliphatic carbocycles. The van der Waals surface area contributed by atoms with Crippen molar-refractivity contribution in [2.75, 3.05) is 13.1 Å². The SMILES string of the molecule is Cc1ccc(-c2cc(C(=O)N3CCC(Cc4ccccc4)CC3)n(-c3ccc([N+](=O)[O-])cc3)n2)cc1C. The van der Waals surface area contributed by atoms with Crippen LogP contribution in [0.5, 0.6) is 0 Å². The molecule has 0 unspecified atom stereocenters. The average molecular weight is 495 g/mol. The van der Waals surface area contributed by atoms with Gasteiger partial charge in [0.05, 0.1) is 16.3 Å². The van der Waals surface area contributed by atoms with E-state index in [0.29, 0.717) is 36.1 Å². The number of nitrogens with zero attached hydrogens (tertiary/aromatic N) is 4. The molecule has 2 heterocycles. The monoisotopic (exact) mass is 494 g/mol. The van der Waals surface area contributed by atoms with E-state index in [9.17, 15) is 14.9 Å². The van der Waals surface area contributed by atoms with Crippen molar-refractivity contribution in [2.45, 2.75) is 33.1 Å². The van der Waals surface area contributed by atoms with Crippen molar-refractivity contribution in [3.63, 3.8) is 0 Å². The van der Waals surface area contributed by atoms with Crippen LogP contribution < -0.4 is 0 Å². The summed E-state index contributed by atoms with van der Waals surface area (Å²) in [6.45, 7) is 5.50. The van der Waals surface area contributed by atoms with Gasteiger partial charge in [-0.2, -0.15) is 5.10 Å². The van der Waals surface area contributed by atoms with E-state index >= 15 is 0 Å². The second-order valence-corrected chi connectivity index (χ2v) is 9.82. The molecule has 0 saturated carbocycles. The third-order valence-electron chi connectivity index (χ3n) is 7.31. The fourth-order valence-corrected chi connectivity index (χ4v) is 4.94. The molecule has 0 radical (unpaired) electrons. The first-order valence-corrected chi connectivity index (χ1v) is 12.6. The highest BCUT2D eigenvalue weighted by Gasteiger charge is 2.27. The van der Waals surface area contributed by atoms with Crippen LogP contribution in [0.15, 0.2) is 78.9 Å². The van der Waals surface area contributed by atoms with Gasteiger partial charge in [-0.15, -0.1) is 0 Å². The fraction of sp³-hybridized carbons (Fsp3) is 0.267. The normalized spacial score (nSPS) is 14.1. The standard InChI is InChI=1S/C30H30N4O3/c1-21-8-9-25(18-22(21)2)28-20-29(33(31-28)26-10-12-27(13-11-26)34(36)37)30(35)32-16-14-24(15-17-32)19-23-6-4-3-5-7-23/h3-13,18,20,24H,14-17,19H2,1-2H3. The molecule has 7 heteroatoms. The smallest absolute Gasteiger partial charge is 0.272 e. The lowest BCUT2D eigenvalue weighted by atomic mass is 9.90. The Balaban J connectivity index is 1.42. The molecule has 0 bridgehead atoms. The first kappa shape index (κ1) is 24.4. The van der Waals surface area contributed by atoms with Gasteiger partial charge >= 0.3 is 0 Å². The molecule has 37 heavy (non-hydrogen) atoms. The van der Waals surface area contributed by atoms with Crippen LogP contribution in [0.2, 0.25) is 0 Å². The van der Waals surface area contributed by atoms with Crippen molar-refractivity contribution in [1.29, 1.82) is 0 Å². The molecule has 188 valence electrons. The summed E-state index contributed by atoms with van der Waals surface area (Å²) in [5.74, 6) is 0.483. The molecule has 5 rings (SSSR count). The quantitative estimate of drug-likeness (QED) is 0.237. The molecule has 1 fully saturated rings. The van der Waals surface area contributed by atoms with Crippen LogP contribution in [0.3, 0.4) is 0 Å². The molecule has 1 amide bonds. The Bertz CT molecular complexity index is 1420. The van der Waals surface area contributed by atoms with Gasteiger partial charge in [0.25, 0.3) is 11.6 Å². The van der Waals surface area contributed by atoms with E-state index in [2.05, 4.69) is 50.2 Å². The van der Waals surface area contributed by atoms with Crippen LogP contribution >= 0.6 is 0 Å². The van der Waals surface area contributed by atoms with E-state index in [1.807, 2.05) is 23.1 Å². The highest BCUT2D eigenvalue weighted by Crippen LogP contribution is 2.28. The van der Waals surface area contributed by atoms with Gasteiger partial charge in [-0.05, 0) is 80.0 Å². The van der Waals surface area contributed by atoms with Gasteiger partial charge in [-0.1, -0.05) is 42.5 Å². The van der Waals surface area contributed by atoms with Crippen molar-refractivity contribution in [1.82, 2.24) is 14.7 Å². The highest BCUT2D eigenvalue weighted by molar-refractivity contribution is 5.94. The Morgan fingerprint density at radius 2 is 1.65 bits per heavy atom. The predicted molar refractivity (Wildman–Crippen MR) is 144 cm³/mol. The second-order valence-electron chi connectivity index (χ2n) is 9.82. The summed E-state index contributed by atoms with van der Waals surface area (Å²) in [6.07, 6.45) is 2.94. The third-order valence-corrected chi connectivity index (χ3v) is 7.31. The van der Waals surface area contributed by atoms with E-state index in [-0.39, 0.29) is 11.6 Å². The Morgan fingerprint density at radius 3 is 2.30 bits per heavy atom. The zero-order valence-corrected chi connectivity index (χ0v) is 21.1. The number of aromatic nitrogens is 2. The zero-order valence-electron chi connectivity index (χ0n) is 21.1. The number of nitro benzene ring substituents is 1. The second kappa shape index (κ2) is 10.4. The average Bonchev–Trinajstić information content (AvgIpc) is 3.36. The molecule has 1 aromatic heterocycles. The van der Waals surface area contributed by atoms with E-state index in [4.69, 9.17) is 5.10 Å². The van der Waals surface area contributed by atoms with Gasteiger partial charge in [0.15, 0.2) is 0 Å². The van der Waals surface area contributed by atoms with Crippen LogP contribution in [0.1, 0.15) is 40.0 Å². The minimum atomic E-state index is -0.432. The molecule has 3 aromatic carbocycles. The molecule has 0 N–H and O–H groups in total. The molecule has 0 spiro atoms. The van der Waals surface area contributed by atoms with Gasteiger partial charge in [0.1, 0.15) is 5.69 Å². The lowest BCUT2D eigenvalue weighted by molar-refractivity contribution is -0.384. The van der Waals surface area contributed by atoms with Crippen LogP contribution in [0.25, 0.3) is 16.9 Å². The summed E-state index contributed by atoms with van der Waals surface area (Å²) >= 11 is 0. The summed E-state index contributed by atoms with van der Waals surface area (Å²) in [7, 11) is 0. The minimum absolute atomic E-state index is 0.00125. The number of hydrogen-bond donors (Lipinski definition) is 0. The Kier molecular flexibility index (Phi) is 6.86. The topological polar surface area (TPSA) is 81.3 Å². The summed E-state index contributed by atoms with van der Waals surface area (Å²) in [5.41, 5.74) is 6.37. The molecule has 1 saturated heterocycles. The Labute approximate surface area is 216 Å². The first-order valence-electron chi connectivity index (χ1n) is 12.6. The Hall–Kier alpha value is -4.26. The lowest BCUT2D eigenvalue weighted by Gasteiger charge is -2.32. The molecule has 0 atom stereocenters. The number of amides is 1. The number of carbonyl (C=O) groups is 1. The maximum Gasteiger partial charge on any atom is 0.272 e. The van der Waals surface area contributed by atoms with Gasteiger partial charge in [0.2, 0.25) is 0 Å². The fourth-order valence-electron chi connectivity index (χ4n) is 4.94. The maximum atomic E-state index is 13.8. The van der Waals surface area contributed by atoms with Crippen molar-refractivity contribution >= 4 is 11.6 Å². The summed E-state index contributed by atoms with van der Waals surface area (Å²) in [6, 6.07) is 24.6. The zero-order chi connectivity index (χ0) is 25.9. The number of piperidine rings is 1. The third kappa shape index (κ3) is 5.31. The van der Waals surface area contributed by atoms with Crippen LogP contribution in [0.4, 0.5) is 5.69 Å². The maximum absolute atomic E-state index is 13.8. The minimum Gasteiger partial charge on any atom is -0.337 e. The number of rotatable bonds is 6. The van der Waals surface area contributed by atoms with E-state index in [0.717, 1.165) is 30.4 Å². The molecule has 7 nitrogen and oxygen atoms in total. The van der Waals surface area contributed by atoms with Crippen LogP contribution in [0, 0.1) is 29.9 Å². The summed E-state index contributed by atoms with van der Waals surface area (Å²) < 4.78 is 1.62. The van der Waals surface area contributed by atoms with Crippen molar-refractivity contribution in [3.8, 4) is 16.9 Å². The summed E-state index contributed by atoms with van der Waals surface area (Å²) in [4.78, 5) is 26.4. The number of likely N-dealkylation sites (tertiary alicyclic amines) is 1. The van der Waals surface area contributed by atoms with Gasteiger partial charge in [-0.25, -0.2) is 4.68 Å². The van der Waals surface area contributed by atoms with Crippen molar-refractivity contribution in [3.05, 3.63) is 111 Å². The van der Waals surface area contributed by atoms with Crippen molar-refractivity contribution < 1.29 is 9.72 Å². The number of nitro groups is 1. The Morgan fingerprint density at radius 1 is 0.946 bits per heavy atom. The van der Waals surface area contributed by atoms with Crippen LogP contribution in [-0.4, -0.2) is 38.6 Å². The molecule has 1 aliphatic heterocycles. The van der Waals surface area contributed by atoms with Gasteiger partial charge in [-0.3, -0.25) is 14.9 Å². The largest absolute Gasteiger partial charge is 0.337 e. The van der Waals surface area contributed by atoms with E-state index in [1.54, 1.807) is 16.8 Å². The number of hydrogen-bond acceptors (Lipinski definition) is 4. The van der Waals surface area contributed by atoms with E-state index in [1.165, 1.54) is 23.3 Å². The highest BCUT2D eigenvalue weighted by atomic mass is 16.6. The number of benzene rings is 3. The number of aryl methyl sites for hydroxylation is 2. The van der Waals surface area contributed by atoms with Gasteiger partial charge < -0.3 is 4.90 Å². The molecule has 1 aliphatic rings. The first-order chi connectivity index (χ1) is 17.9. The number of non-ortho nitro benzene ring substituents is 1. The van der Waals surface area contributed by atoms with Crippen LogP contribution in [-0.2, 0) is 6.42 Å². The molecular formula is C30H30N4O3. The summed E-state index contributed by atoms with van der Waals surface area (Å²) in [5, 5.41) is 15.9.